The second kappa shape index (κ2) is 14.3. The monoisotopic (exact) mass is 741 g/mol. The Kier molecular flexibility index (Phi) is 9.80. The number of halogens is 3. The van der Waals surface area contributed by atoms with Crippen LogP contribution < -0.4 is 10.6 Å². The predicted octanol–water partition coefficient (Wildman–Crippen LogP) is 7.36. The number of pyridine rings is 1. The molecular weight excluding hydrogens is 704 g/mol. The average molecular weight is 743 g/mol. The van der Waals surface area contributed by atoms with E-state index in [2.05, 4.69) is 52.6 Å². The Hall–Kier alpha value is -4.80. The summed E-state index contributed by atoms with van der Waals surface area (Å²) in [5, 5.41) is 36.7. The number of anilines is 3. The molecule has 1 fully saturated rings. The van der Waals surface area contributed by atoms with E-state index < -0.39 is 18.5 Å². The number of amides is 1. The van der Waals surface area contributed by atoms with Crippen LogP contribution in [0.25, 0.3) is 10.9 Å². The molecule has 11 nitrogen and oxygen atoms in total. The van der Waals surface area contributed by atoms with Gasteiger partial charge in [-0.25, -0.2) is 9.07 Å². The van der Waals surface area contributed by atoms with E-state index in [-0.39, 0.29) is 28.1 Å². The van der Waals surface area contributed by atoms with Crippen LogP contribution in [0.1, 0.15) is 73.6 Å². The van der Waals surface area contributed by atoms with Gasteiger partial charge in [0.05, 0.1) is 45.1 Å². The van der Waals surface area contributed by atoms with Gasteiger partial charge in [-0.1, -0.05) is 46.6 Å². The summed E-state index contributed by atoms with van der Waals surface area (Å²) in [4.78, 5) is 21.2. The highest BCUT2D eigenvalue weighted by atomic mass is 35.5. The Morgan fingerprint density at radius 2 is 1.87 bits per heavy atom. The van der Waals surface area contributed by atoms with Gasteiger partial charge in [0, 0.05) is 54.7 Å². The number of nitriles is 1. The van der Waals surface area contributed by atoms with Gasteiger partial charge < -0.3 is 20.6 Å². The quantitative estimate of drug-likeness (QED) is 0.149. The van der Waals surface area contributed by atoms with Crippen LogP contribution in [0, 0.1) is 17.1 Å². The van der Waals surface area contributed by atoms with Gasteiger partial charge in [-0.05, 0) is 80.6 Å². The van der Waals surface area contributed by atoms with Crippen molar-refractivity contribution in [2.24, 2.45) is 0 Å². The third-order valence-corrected chi connectivity index (χ3v) is 10.6. The minimum Gasteiger partial charge on any atom is -0.387 e. The molecule has 0 bridgehead atoms. The van der Waals surface area contributed by atoms with Crippen molar-refractivity contribution in [3.8, 4) is 6.07 Å². The van der Waals surface area contributed by atoms with Gasteiger partial charge in [0.1, 0.15) is 24.2 Å². The normalized spacial score (nSPS) is 15.8. The fourth-order valence-corrected chi connectivity index (χ4v) is 7.60. The molecular formula is C38H38Cl2FN9O2. The van der Waals surface area contributed by atoms with Gasteiger partial charge in [0.25, 0.3) is 0 Å². The summed E-state index contributed by atoms with van der Waals surface area (Å²) in [6.45, 7) is 8.78. The molecule has 1 atom stereocenters. The molecule has 0 saturated carbocycles. The number of aliphatic hydroxyl groups excluding tert-OH is 1. The lowest BCUT2D eigenvalue weighted by Gasteiger charge is -2.40. The van der Waals surface area contributed by atoms with Crippen LogP contribution in [0.2, 0.25) is 10.0 Å². The lowest BCUT2D eigenvalue weighted by atomic mass is 9.95. The summed E-state index contributed by atoms with van der Waals surface area (Å²) in [7, 11) is 0. The van der Waals surface area contributed by atoms with Crippen molar-refractivity contribution in [2.75, 3.05) is 30.3 Å². The molecule has 14 heteroatoms. The summed E-state index contributed by atoms with van der Waals surface area (Å²) in [6.07, 6.45) is 5.32. The van der Waals surface area contributed by atoms with Crippen LogP contribution >= 0.6 is 23.2 Å². The van der Waals surface area contributed by atoms with Crippen LogP contribution in [-0.2, 0) is 17.9 Å². The van der Waals surface area contributed by atoms with E-state index in [9.17, 15) is 19.6 Å². The number of hydrogen-bond acceptors (Lipinski definition) is 9. The lowest BCUT2D eigenvalue weighted by Crippen LogP contribution is -2.46. The van der Waals surface area contributed by atoms with E-state index >= 15 is 0 Å². The minimum atomic E-state index is -0.567. The maximum absolute atomic E-state index is 14.0. The zero-order chi connectivity index (χ0) is 36.7. The Bertz CT molecular complexity index is 2210. The molecule has 2 aliphatic rings. The van der Waals surface area contributed by atoms with Gasteiger partial charge >= 0.3 is 0 Å². The fourth-order valence-electron chi connectivity index (χ4n) is 7.16. The first-order chi connectivity index (χ1) is 24.9. The molecule has 1 amide bonds. The number of nitrogens with zero attached hydrogens (tertiary/aromatic N) is 7. The van der Waals surface area contributed by atoms with E-state index in [1.807, 2.05) is 35.1 Å². The predicted molar refractivity (Wildman–Crippen MR) is 199 cm³/mol. The number of fused-ring (bicyclic) bond motifs is 2. The van der Waals surface area contributed by atoms with Crippen LogP contribution in [0.4, 0.5) is 21.5 Å². The van der Waals surface area contributed by atoms with Gasteiger partial charge in [0.15, 0.2) is 0 Å². The summed E-state index contributed by atoms with van der Waals surface area (Å²) < 4.78 is 15.9. The Labute approximate surface area is 311 Å². The highest BCUT2D eigenvalue weighted by Gasteiger charge is 2.32. The Morgan fingerprint density at radius 3 is 2.58 bits per heavy atom. The number of nitrogens with one attached hydrogen (secondary N) is 2. The molecule has 1 saturated heterocycles. The molecule has 0 radical (unpaired) electrons. The number of carbonyl (C=O) groups excluding carboxylic acids is 1. The van der Waals surface area contributed by atoms with Crippen LogP contribution in [0.5, 0.6) is 0 Å². The highest BCUT2D eigenvalue weighted by molar-refractivity contribution is 6.36. The number of hydrogen-bond donors (Lipinski definition) is 3. The molecule has 0 aliphatic carbocycles. The number of carbonyl (C=O) groups is 1. The zero-order valence-electron chi connectivity index (χ0n) is 29.0. The van der Waals surface area contributed by atoms with Crippen molar-refractivity contribution in [1.82, 2.24) is 29.8 Å². The van der Waals surface area contributed by atoms with E-state index in [4.69, 9.17) is 28.3 Å². The molecule has 1 unspecified atom stereocenters. The summed E-state index contributed by atoms with van der Waals surface area (Å²) in [6, 6.07) is 15.7. The van der Waals surface area contributed by atoms with Crippen molar-refractivity contribution >= 4 is 57.1 Å². The molecule has 3 aromatic carbocycles. The summed E-state index contributed by atoms with van der Waals surface area (Å²) in [5.74, 6) is -0.903. The molecule has 52 heavy (non-hydrogen) atoms. The summed E-state index contributed by atoms with van der Waals surface area (Å²) >= 11 is 13.0. The maximum Gasteiger partial charge on any atom is 0.248 e. The third-order valence-electron chi connectivity index (χ3n) is 9.97. The molecule has 3 N–H and O–H groups in total. The van der Waals surface area contributed by atoms with Crippen molar-refractivity contribution in [3.05, 3.63) is 105 Å². The molecule has 4 heterocycles. The number of benzene rings is 3. The number of likely N-dealkylation sites (tertiary alicyclic amines) is 1. The fraction of sp³-hybridized carbons (Fsp3) is 0.342. The zero-order valence-corrected chi connectivity index (χ0v) is 30.5. The van der Waals surface area contributed by atoms with E-state index in [0.717, 1.165) is 42.6 Å². The van der Waals surface area contributed by atoms with Crippen LogP contribution in [0.3, 0.4) is 0 Å². The molecule has 0 spiro atoms. The molecule has 5 aromatic rings. The summed E-state index contributed by atoms with van der Waals surface area (Å²) in [5.41, 5.74) is 5.88. The minimum absolute atomic E-state index is 0.0625. The largest absolute Gasteiger partial charge is 0.387 e. The highest BCUT2D eigenvalue weighted by Crippen LogP contribution is 2.39. The van der Waals surface area contributed by atoms with Crippen LogP contribution in [0.15, 0.2) is 60.9 Å². The second-order valence-corrected chi connectivity index (χ2v) is 15.1. The molecule has 2 aliphatic heterocycles. The van der Waals surface area contributed by atoms with Gasteiger partial charge in [-0.15, -0.1) is 5.10 Å². The number of aliphatic hydroxyl groups is 1. The Balaban J connectivity index is 1.29. The standard InChI is InChI=1S/C38H38Cl2FN9O2/c1-38(2,3)49-11-9-26(10-12-49)50-20-33(46-47-50)37(27-6-4-5-22-18-48(19-29(22)27)34(52)21-51)45-25-13-28-35(44-24-7-8-32(41)30(39)14-24)23(16-42)17-43-36(28)31(40)15-25/h4-8,13-15,17,20,26,37,45,51H,9-12,18-19,21H2,1-3H3,(H,43,44). The molecule has 2 aromatic heterocycles. The maximum atomic E-state index is 14.0. The van der Waals surface area contributed by atoms with Crippen molar-refractivity contribution in [3.63, 3.8) is 0 Å². The number of aromatic nitrogens is 4. The first kappa shape index (κ1) is 35.6. The number of piperidine rings is 1. The second-order valence-electron chi connectivity index (χ2n) is 14.2. The van der Waals surface area contributed by atoms with Gasteiger partial charge in [-0.3, -0.25) is 14.7 Å². The van der Waals surface area contributed by atoms with Crippen molar-refractivity contribution in [2.45, 2.75) is 64.3 Å². The van der Waals surface area contributed by atoms with Crippen molar-refractivity contribution < 1.29 is 14.3 Å². The molecule has 268 valence electrons. The van der Waals surface area contributed by atoms with E-state index in [0.29, 0.717) is 51.8 Å². The number of rotatable bonds is 8. The average Bonchev–Trinajstić information content (AvgIpc) is 3.80. The third kappa shape index (κ3) is 7.01. The van der Waals surface area contributed by atoms with E-state index in [1.165, 1.54) is 24.4 Å². The lowest BCUT2D eigenvalue weighted by molar-refractivity contribution is -0.134. The van der Waals surface area contributed by atoms with E-state index in [1.54, 1.807) is 11.0 Å². The topological polar surface area (TPSA) is 135 Å². The van der Waals surface area contributed by atoms with Crippen LogP contribution in [-0.4, -0.2) is 66.0 Å². The molecule has 7 rings (SSSR count). The van der Waals surface area contributed by atoms with Crippen molar-refractivity contribution in [1.29, 1.82) is 5.26 Å². The Morgan fingerprint density at radius 1 is 1.10 bits per heavy atom. The smallest absolute Gasteiger partial charge is 0.248 e. The van der Waals surface area contributed by atoms with Gasteiger partial charge in [0.2, 0.25) is 5.91 Å². The first-order valence-electron chi connectivity index (χ1n) is 17.1. The van der Waals surface area contributed by atoms with Gasteiger partial charge in [-0.2, -0.15) is 5.26 Å². The SMILES string of the molecule is CC(C)(C)N1CCC(n2cc(C(Nc3cc(Cl)c4ncc(C#N)c(Nc5ccc(F)c(Cl)c5)c4c3)c3cccc4c3CN(C(=O)CO)C4)nn2)CC1. The first-order valence-corrected chi connectivity index (χ1v) is 17.9.